The van der Waals surface area contributed by atoms with Crippen LogP contribution < -0.4 is 5.32 Å². The zero-order valence-corrected chi connectivity index (χ0v) is 8.74. The molecule has 0 aliphatic carbocycles. The first-order chi connectivity index (χ1) is 7.72. The Morgan fingerprint density at radius 1 is 1.38 bits per heavy atom. The molecule has 2 aromatic rings. The predicted molar refractivity (Wildman–Crippen MR) is 57.5 cm³/mol. The lowest BCUT2D eigenvalue weighted by Gasteiger charge is -2.08. The summed E-state index contributed by atoms with van der Waals surface area (Å²) >= 11 is 0. The number of halogens is 2. The number of aromatic nitrogens is 2. The molecule has 0 radical (unpaired) electrons. The molecule has 0 aliphatic heterocycles. The SMILES string of the molecule is CCn1ccnc1Nc1cccc(F)c1F. The van der Waals surface area contributed by atoms with Gasteiger partial charge < -0.3 is 9.88 Å². The van der Waals surface area contributed by atoms with E-state index in [-0.39, 0.29) is 5.69 Å². The second-order valence-corrected chi connectivity index (χ2v) is 3.26. The second kappa shape index (κ2) is 4.30. The molecule has 0 saturated carbocycles. The molecule has 0 amide bonds. The van der Waals surface area contributed by atoms with Crippen molar-refractivity contribution in [3.63, 3.8) is 0 Å². The summed E-state index contributed by atoms with van der Waals surface area (Å²) in [7, 11) is 0. The molecule has 0 spiro atoms. The first-order valence-electron chi connectivity index (χ1n) is 4.94. The van der Waals surface area contributed by atoms with Gasteiger partial charge in [0.2, 0.25) is 5.95 Å². The van der Waals surface area contributed by atoms with Crippen LogP contribution in [0, 0.1) is 11.6 Å². The smallest absolute Gasteiger partial charge is 0.207 e. The van der Waals surface area contributed by atoms with Crippen molar-refractivity contribution in [3.8, 4) is 0 Å². The number of rotatable bonds is 3. The number of imidazole rings is 1. The van der Waals surface area contributed by atoms with Crippen molar-refractivity contribution in [2.75, 3.05) is 5.32 Å². The van der Waals surface area contributed by atoms with Gasteiger partial charge in [0.25, 0.3) is 0 Å². The van der Waals surface area contributed by atoms with E-state index < -0.39 is 11.6 Å². The molecule has 0 saturated heterocycles. The van der Waals surface area contributed by atoms with E-state index >= 15 is 0 Å². The number of benzene rings is 1. The van der Waals surface area contributed by atoms with E-state index in [1.54, 1.807) is 17.0 Å². The van der Waals surface area contributed by atoms with Crippen molar-refractivity contribution in [3.05, 3.63) is 42.2 Å². The van der Waals surface area contributed by atoms with Crippen LogP contribution >= 0.6 is 0 Å². The van der Waals surface area contributed by atoms with Gasteiger partial charge in [0.15, 0.2) is 11.6 Å². The van der Waals surface area contributed by atoms with Gasteiger partial charge >= 0.3 is 0 Å². The molecule has 84 valence electrons. The quantitative estimate of drug-likeness (QED) is 0.867. The van der Waals surface area contributed by atoms with Crippen molar-refractivity contribution in [1.82, 2.24) is 9.55 Å². The summed E-state index contributed by atoms with van der Waals surface area (Å²) in [4.78, 5) is 4.02. The molecule has 3 nitrogen and oxygen atoms in total. The van der Waals surface area contributed by atoms with E-state index in [2.05, 4.69) is 10.3 Å². The molecule has 0 bridgehead atoms. The van der Waals surface area contributed by atoms with Crippen LogP contribution in [0.4, 0.5) is 20.4 Å². The summed E-state index contributed by atoms with van der Waals surface area (Å²) < 4.78 is 28.1. The van der Waals surface area contributed by atoms with E-state index in [0.29, 0.717) is 12.5 Å². The minimum Gasteiger partial charge on any atom is -0.323 e. The Labute approximate surface area is 91.7 Å². The number of aryl methyl sites for hydroxylation is 1. The minimum absolute atomic E-state index is 0.0842. The third kappa shape index (κ3) is 1.88. The molecule has 2 rings (SSSR count). The normalized spacial score (nSPS) is 10.4. The van der Waals surface area contributed by atoms with E-state index in [1.807, 2.05) is 6.92 Å². The lowest BCUT2D eigenvalue weighted by atomic mass is 10.3. The highest BCUT2D eigenvalue weighted by Gasteiger charge is 2.09. The Morgan fingerprint density at radius 3 is 2.94 bits per heavy atom. The first-order valence-corrected chi connectivity index (χ1v) is 4.94. The Morgan fingerprint density at radius 2 is 2.19 bits per heavy atom. The van der Waals surface area contributed by atoms with Crippen molar-refractivity contribution >= 4 is 11.6 Å². The third-order valence-electron chi connectivity index (χ3n) is 2.25. The molecule has 0 fully saturated rings. The minimum atomic E-state index is -0.895. The van der Waals surface area contributed by atoms with Gasteiger partial charge in [-0.3, -0.25) is 0 Å². The van der Waals surface area contributed by atoms with Gasteiger partial charge in [-0.25, -0.2) is 13.8 Å². The predicted octanol–water partition coefficient (Wildman–Crippen LogP) is 2.92. The fourth-order valence-corrected chi connectivity index (χ4v) is 1.41. The van der Waals surface area contributed by atoms with E-state index in [9.17, 15) is 8.78 Å². The highest BCUT2D eigenvalue weighted by atomic mass is 19.2. The number of nitrogens with one attached hydrogen (secondary N) is 1. The van der Waals surface area contributed by atoms with Gasteiger partial charge in [-0.1, -0.05) is 6.07 Å². The van der Waals surface area contributed by atoms with E-state index in [1.165, 1.54) is 12.1 Å². The van der Waals surface area contributed by atoms with Crippen LogP contribution in [0.2, 0.25) is 0 Å². The molecular formula is C11H11F2N3. The third-order valence-corrected chi connectivity index (χ3v) is 2.25. The first kappa shape index (κ1) is 10.6. The fraction of sp³-hybridized carbons (Fsp3) is 0.182. The van der Waals surface area contributed by atoms with Crippen molar-refractivity contribution < 1.29 is 8.78 Å². The Hall–Kier alpha value is -1.91. The van der Waals surface area contributed by atoms with Crippen LogP contribution in [0.25, 0.3) is 0 Å². The average Bonchev–Trinajstić information content (AvgIpc) is 2.72. The zero-order chi connectivity index (χ0) is 11.5. The zero-order valence-electron chi connectivity index (χ0n) is 8.74. The van der Waals surface area contributed by atoms with Crippen LogP contribution in [0.3, 0.4) is 0 Å². The largest absolute Gasteiger partial charge is 0.323 e. The molecule has 1 aromatic heterocycles. The molecule has 1 N–H and O–H groups in total. The number of hydrogen-bond acceptors (Lipinski definition) is 2. The molecular weight excluding hydrogens is 212 g/mol. The van der Waals surface area contributed by atoms with Crippen molar-refractivity contribution in [2.45, 2.75) is 13.5 Å². The molecule has 1 heterocycles. The van der Waals surface area contributed by atoms with Gasteiger partial charge in [0.05, 0.1) is 5.69 Å². The van der Waals surface area contributed by atoms with E-state index in [0.717, 1.165) is 6.07 Å². The lowest BCUT2D eigenvalue weighted by molar-refractivity contribution is 0.511. The number of anilines is 2. The Kier molecular flexibility index (Phi) is 2.85. The summed E-state index contributed by atoms with van der Waals surface area (Å²) in [5.41, 5.74) is 0.0842. The maximum Gasteiger partial charge on any atom is 0.207 e. The molecule has 5 heteroatoms. The van der Waals surface area contributed by atoms with Crippen LogP contribution in [-0.2, 0) is 6.54 Å². The summed E-state index contributed by atoms with van der Waals surface area (Å²) in [5.74, 6) is -1.28. The van der Waals surface area contributed by atoms with Gasteiger partial charge in [-0.2, -0.15) is 0 Å². The Balaban J connectivity index is 2.30. The topological polar surface area (TPSA) is 29.9 Å². The molecule has 0 atom stereocenters. The van der Waals surface area contributed by atoms with Crippen molar-refractivity contribution in [2.24, 2.45) is 0 Å². The average molecular weight is 223 g/mol. The number of nitrogens with zero attached hydrogens (tertiary/aromatic N) is 2. The molecule has 0 unspecified atom stereocenters. The Bertz CT molecular complexity index is 494. The van der Waals surface area contributed by atoms with Crippen LogP contribution in [0.1, 0.15) is 6.92 Å². The maximum atomic E-state index is 13.4. The number of hydrogen-bond donors (Lipinski definition) is 1. The van der Waals surface area contributed by atoms with Crippen molar-refractivity contribution in [1.29, 1.82) is 0 Å². The van der Waals surface area contributed by atoms with Gasteiger partial charge in [0, 0.05) is 18.9 Å². The lowest BCUT2D eigenvalue weighted by Crippen LogP contribution is -2.03. The highest BCUT2D eigenvalue weighted by Crippen LogP contribution is 2.20. The highest BCUT2D eigenvalue weighted by molar-refractivity contribution is 5.54. The van der Waals surface area contributed by atoms with Gasteiger partial charge in [-0.05, 0) is 19.1 Å². The molecule has 0 aliphatic rings. The van der Waals surface area contributed by atoms with Gasteiger partial charge in [-0.15, -0.1) is 0 Å². The van der Waals surface area contributed by atoms with Crippen LogP contribution in [-0.4, -0.2) is 9.55 Å². The summed E-state index contributed by atoms with van der Waals surface area (Å²) in [5, 5.41) is 2.75. The molecule has 1 aromatic carbocycles. The molecule has 16 heavy (non-hydrogen) atoms. The van der Waals surface area contributed by atoms with Gasteiger partial charge in [0.1, 0.15) is 0 Å². The fourth-order valence-electron chi connectivity index (χ4n) is 1.41. The standard InChI is InChI=1S/C11H11F2N3/c1-2-16-7-6-14-11(16)15-9-5-3-4-8(12)10(9)13/h3-7H,2H2,1H3,(H,14,15). The summed E-state index contributed by atoms with van der Waals surface area (Å²) in [6, 6.07) is 3.99. The monoisotopic (exact) mass is 223 g/mol. The summed E-state index contributed by atoms with van der Waals surface area (Å²) in [6.45, 7) is 2.65. The van der Waals surface area contributed by atoms with Crippen LogP contribution in [0.15, 0.2) is 30.6 Å². The van der Waals surface area contributed by atoms with E-state index in [4.69, 9.17) is 0 Å². The maximum absolute atomic E-state index is 13.4. The second-order valence-electron chi connectivity index (χ2n) is 3.26. The summed E-state index contributed by atoms with van der Waals surface area (Å²) in [6.07, 6.45) is 3.36. The van der Waals surface area contributed by atoms with Crippen LogP contribution in [0.5, 0.6) is 0 Å².